The average molecular weight is 579 g/mol. The summed E-state index contributed by atoms with van der Waals surface area (Å²) in [5.74, 6) is 1.32. The lowest BCUT2D eigenvalue weighted by Crippen LogP contribution is -2.49. The first kappa shape index (κ1) is 29.1. The van der Waals surface area contributed by atoms with E-state index in [1.807, 2.05) is 30.3 Å². The Morgan fingerprint density at radius 3 is 2.12 bits per heavy atom. The first-order valence-corrected chi connectivity index (χ1v) is 15.7. The van der Waals surface area contributed by atoms with Crippen LogP contribution in [0.1, 0.15) is 72.7 Å². The lowest BCUT2D eigenvalue weighted by molar-refractivity contribution is -0.122. The topological polar surface area (TPSA) is 78.7 Å². The van der Waals surface area contributed by atoms with E-state index in [0.717, 1.165) is 55.8 Å². The molecule has 0 aliphatic carbocycles. The van der Waals surface area contributed by atoms with Crippen LogP contribution >= 0.6 is 0 Å². The first-order valence-electron chi connectivity index (χ1n) is 15.7. The van der Waals surface area contributed by atoms with Gasteiger partial charge in [-0.1, -0.05) is 60.7 Å². The number of hydrogen-bond donors (Lipinski definition) is 1. The summed E-state index contributed by atoms with van der Waals surface area (Å²) < 4.78 is 2.53. The zero-order valence-electron chi connectivity index (χ0n) is 25.0. The predicted molar refractivity (Wildman–Crippen MR) is 169 cm³/mol. The third kappa shape index (κ3) is 5.83. The number of rotatable bonds is 6. The summed E-state index contributed by atoms with van der Waals surface area (Å²) in [6.07, 6.45) is 8.28. The fourth-order valence-corrected chi connectivity index (χ4v) is 8.17. The molecule has 43 heavy (non-hydrogen) atoms. The molecular weight excluding hydrogens is 536 g/mol. The van der Waals surface area contributed by atoms with Crippen molar-refractivity contribution in [2.75, 3.05) is 19.6 Å². The first-order chi connectivity index (χ1) is 21.0. The van der Waals surface area contributed by atoms with Crippen molar-refractivity contribution in [3.63, 3.8) is 0 Å². The quantitative estimate of drug-likeness (QED) is 0.265. The molecule has 3 saturated heterocycles. The molecule has 0 spiro atoms. The number of fused-ring (bicyclic) bond motifs is 3. The highest BCUT2D eigenvalue weighted by Crippen LogP contribution is 2.45. The third-order valence-corrected chi connectivity index (χ3v) is 10.3. The molecule has 7 rings (SSSR count). The Balaban J connectivity index is 0.00000105. The molecule has 7 nitrogen and oxygen atoms in total. The smallest absolute Gasteiger partial charge is 0.290 e. The molecule has 7 heteroatoms. The molecule has 4 heterocycles. The van der Waals surface area contributed by atoms with Crippen LogP contribution in [-0.2, 0) is 10.2 Å². The Morgan fingerprint density at radius 1 is 0.884 bits per heavy atom. The lowest BCUT2D eigenvalue weighted by atomic mass is 9.70. The average Bonchev–Trinajstić information content (AvgIpc) is 3.51. The second kappa shape index (κ2) is 12.7. The van der Waals surface area contributed by atoms with Crippen LogP contribution in [-0.4, -0.2) is 68.6 Å². The SMILES string of the molecule is Cc1nc2ccccc2n1C1C[C@H]2CC[C@@H](C1)N2CCC1(c2ccccc2)CCN(C(=O)c2ccccc2)CC1.O=CO. The van der Waals surface area contributed by atoms with Crippen molar-refractivity contribution in [2.45, 2.75) is 75.4 Å². The van der Waals surface area contributed by atoms with Crippen molar-refractivity contribution < 1.29 is 14.7 Å². The summed E-state index contributed by atoms with van der Waals surface area (Å²) in [5, 5.41) is 6.89. The molecule has 2 bridgehead atoms. The van der Waals surface area contributed by atoms with E-state index in [4.69, 9.17) is 14.9 Å². The molecule has 3 atom stereocenters. The Morgan fingerprint density at radius 2 is 1.47 bits per heavy atom. The Kier molecular flexibility index (Phi) is 8.61. The summed E-state index contributed by atoms with van der Waals surface area (Å²) in [6.45, 7) is 4.72. The van der Waals surface area contributed by atoms with Crippen molar-refractivity contribution in [1.29, 1.82) is 0 Å². The maximum absolute atomic E-state index is 13.2. The van der Waals surface area contributed by atoms with E-state index in [2.05, 4.69) is 75.9 Å². The number of hydrogen-bond acceptors (Lipinski definition) is 4. The van der Waals surface area contributed by atoms with Gasteiger partial charge in [0.2, 0.25) is 0 Å². The summed E-state index contributed by atoms with van der Waals surface area (Å²) in [6, 6.07) is 31.4. The molecule has 1 amide bonds. The number of nitrogens with zero attached hydrogens (tertiary/aromatic N) is 4. The predicted octanol–water partition coefficient (Wildman–Crippen LogP) is 6.48. The minimum atomic E-state index is -0.250. The zero-order chi connectivity index (χ0) is 29.8. The van der Waals surface area contributed by atoms with Crippen molar-refractivity contribution in [3.05, 3.63) is 102 Å². The zero-order valence-corrected chi connectivity index (χ0v) is 25.0. The Labute approximate surface area is 254 Å². The van der Waals surface area contributed by atoms with Gasteiger partial charge in [-0.05, 0) is 93.7 Å². The molecule has 0 saturated carbocycles. The monoisotopic (exact) mass is 578 g/mol. The molecule has 4 aromatic rings. The maximum atomic E-state index is 13.2. The minimum Gasteiger partial charge on any atom is -0.483 e. The van der Waals surface area contributed by atoms with Gasteiger partial charge in [-0.15, -0.1) is 0 Å². The second-order valence-corrected chi connectivity index (χ2v) is 12.4. The fraction of sp³-hybridized carbons (Fsp3) is 0.417. The second-order valence-electron chi connectivity index (χ2n) is 12.4. The fourth-order valence-electron chi connectivity index (χ4n) is 8.17. The van der Waals surface area contributed by atoms with Crippen molar-refractivity contribution in [1.82, 2.24) is 19.4 Å². The summed E-state index contributed by atoms with van der Waals surface area (Å²) in [4.78, 5) is 31.4. The number of carboxylic acid groups (broad SMARTS) is 1. The Bertz CT molecular complexity index is 1510. The number of piperidine rings is 2. The number of carbonyl (C=O) groups is 2. The Hall–Kier alpha value is -3.97. The van der Waals surface area contributed by atoms with E-state index >= 15 is 0 Å². The molecule has 1 N–H and O–H groups in total. The van der Waals surface area contributed by atoms with Crippen LogP contribution in [0.4, 0.5) is 0 Å². The largest absolute Gasteiger partial charge is 0.483 e. The third-order valence-electron chi connectivity index (χ3n) is 10.3. The van der Waals surface area contributed by atoms with Gasteiger partial charge in [-0.2, -0.15) is 0 Å². The molecule has 3 aliphatic rings. The van der Waals surface area contributed by atoms with E-state index in [-0.39, 0.29) is 17.8 Å². The number of benzene rings is 3. The number of aromatic nitrogens is 2. The highest BCUT2D eigenvalue weighted by atomic mass is 16.3. The lowest BCUT2D eigenvalue weighted by Gasteiger charge is -2.45. The van der Waals surface area contributed by atoms with Gasteiger partial charge in [0, 0.05) is 36.8 Å². The van der Waals surface area contributed by atoms with Crippen LogP contribution in [0.15, 0.2) is 84.9 Å². The van der Waals surface area contributed by atoms with Crippen molar-refractivity contribution >= 4 is 23.4 Å². The van der Waals surface area contributed by atoms with E-state index in [0.29, 0.717) is 18.1 Å². The molecule has 3 aromatic carbocycles. The standard InChI is InChI=1S/C35H40N4O.CH2O2/c1-26-36-32-14-8-9-15-33(32)39(26)31-24-29-16-17-30(25-31)38(29)23-20-35(28-12-6-3-7-13-28)18-21-37(22-19-35)34(40)27-10-4-2-5-11-27;2-1-3/h2-15,29-31H,16-25H2,1H3;1H,(H,2,3)/t29-,30+,31?;. The van der Waals surface area contributed by atoms with Crippen LogP contribution in [0, 0.1) is 6.92 Å². The number of amides is 1. The molecule has 1 unspecified atom stereocenters. The van der Waals surface area contributed by atoms with Crippen LogP contribution in [0.2, 0.25) is 0 Å². The van der Waals surface area contributed by atoms with E-state index < -0.39 is 0 Å². The highest BCUT2D eigenvalue weighted by Gasteiger charge is 2.44. The minimum absolute atomic E-state index is 0.127. The van der Waals surface area contributed by atoms with Crippen LogP contribution in [0.3, 0.4) is 0 Å². The van der Waals surface area contributed by atoms with Gasteiger partial charge in [-0.25, -0.2) is 4.98 Å². The van der Waals surface area contributed by atoms with Gasteiger partial charge in [0.05, 0.1) is 11.0 Å². The highest BCUT2D eigenvalue weighted by molar-refractivity contribution is 5.94. The van der Waals surface area contributed by atoms with Gasteiger partial charge in [0.25, 0.3) is 12.4 Å². The molecule has 3 aliphatic heterocycles. The molecule has 1 aromatic heterocycles. The molecule has 0 radical (unpaired) electrons. The van der Waals surface area contributed by atoms with E-state index in [1.54, 1.807) is 0 Å². The van der Waals surface area contributed by atoms with Crippen LogP contribution < -0.4 is 0 Å². The molecule has 224 valence electrons. The van der Waals surface area contributed by atoms with Gasteiger partial charge >= 0.3 is 0 Å². The van der Waals surface area contributed by atoms with Gasteiger partial charge in [0.15, 0.2) is 0 Å². The summed E-state index contributed by atoms with van der Waals surface area (Å²) in [5.41, 5.74) is 4.79. The van der Waals surface area contributed by atoms with Crippen LogP contribution in [0.25, 0.3) is 11.0 Å². The van der Waals surface area contributed by atoms with Crippen molar-refractivity contribution in [3.8, 4) is 0 Å². The van der Waals surface area contributed by atoms with Gasteiger partial charge in [0.1, 0.15) is 5.82 Å². The number of carbonyl (C=O) groups excluding carboxylic acids is 1. The van der Waals surface area contributed by atoms with Gasteiger partial charge in [-0.3, -0.25) is 14.5 Å². The maximum Gasteiger partial charge on any atom is 0.290 e. The van der Waals surface area contributed by atoms with E-state index in [9.17, 15) is 4.79 Å². The van der Waals surface area contributed by atoms with Crippen molar-refractivity contribution in [2.24, 2.45) is 0 Å². The molecular formula is C36H42N4O3. The number of para-hydroxylation sites is 2. The van der Waals surface area contributed by atoms with E-state index in [1.165, 1.54) is 36.8 Å². The molecule has 3 fully saturated rings. The van der Waals surface area contributed by atoms with Crippen LogP contribution in [0.5, 0.6) is 0 Å². The van der Waals surface area contributed by atoms with Gasteiger partial charge < -0.3 is 14.6 Å². The number of imidazole rings is 1. The normalized spacial score (nSPS) is 23.0. The number of aryl methyl sites for hydroxylation is 1. The summed E-state index contributed by atoms with van der Waals surface area (Å²) >= 11 is 0. The number of likely N-dealkylation sites (tertiary alicyclic amines) is 1. The summed E-state index contributed by atoms with van der Waals surface area (Å²) in [7, 11) is 0.